The summed E-state index contributed by atoms with van der Waals surface area (Å²) in [5.41, 5.74) is 2.70. The highest BCUT2D eigenvalue weighted by atomic mass is 79.9. The minimum atomic E-state index is -0.773. The second-order valence-corrected chi connectivity index (χ2v) is 13.7. The lowest BCUT2D eigenvalue weighted by molar-refractivity contribution is -0.142. The van der Waals surface area contributed by atoms with E-state index in [-0.39, 0.29) is 40.3 Å². The highest BCUT2D eigenvalue weighted by molar-refractivity contribution is 9.09. The quantitative estimate of drug-likeness (QED) is 0.388. The van der Waals surface area contributed by atoms with Crippen LogP contribution in [0.25, 0.3) is 0 Å². The highest BCUT2D eigenvalue weighted by Gasteiger charge is 2.76. The van der Waals surface area contributed by atoms with Crippen molar-refractivity contribution in [2.24, 2.45) is 17.8 Å². The van der Waals surface area contributed by atoms with E-state index in [2.05, 4.69) is 26.6 Å². The molecule has 3 N–H and O–H groups in total. The number of carbonyl (C=O) groups is 3. The zero-order valence-electron chi connectivity index (χ0n) is 21.7. The number of thioether (sulfide) groups is 1. The Kier molecular flexibility index (Phi) is 8.12. The van der Waals surface area contributed by atoms with E-state index in [4.69, 9.17) is 0 Å². The summed E-state index contributed by atoms with van der Waals surface area (Å²) in [6, 6.07) is 4.65. The Morgan fingerprint density at radius 1 is 1.28 bits per heavy atom. The van der Waals surface area contributed by atoms with Gasteiger partial charge in [-0.3, -0.25) is 14.4 Å². The molecule has 3 fully saturated rings. The van der Waals surface area contributed by atoms with Crippen LogP contribution in [0.15, 0.2) is 18.2 Å². The van der Waals surface area contributed by atoms with Gasteiger partial charge in [-0.2, -0.15) is 0 Å². The number of likely N-dealkylation sites (tertiary alicyclic amines) is 1. The molecule has 4 rings (SSSR count). The monoisotopic (exact) mass is 579 g/mol. The third kappa shape index (κ3) is 4.60. The van der Waals surface area contributed by atoms with Crippen molar-refractivity contribution in [1.82, 2.24) is 10.2 Å². The molecule has 1 aromatic rings. The van der Waals surface area contributed by atoms with Crippen molar-refractivity contribution in [3.8, 4) is 0 Å². The normalized spacial score (nSPS) is 31.6. The number of benzene rings is 1. The molecular formula is C27H38BrN3O4S. The van der Waals surface area contributed by atoms with Crippen LogP contribution in [0.4, 0.5) is 5.69 Å². The number of aliphatic hydroxyl groups excluding tert-OH is 1. The fourth-order valence-corrected chi connectivity index (χ4v) is 9.92. The van der Waals surface area contributed by atoms with Crippen molar-refractivity contribution >= 4 is 51.1 Å². The number of alkyl halides is 1. The number of halogens is 1. The number of hydrogen-bond donors (Lipinski definition) is 3. The average Bonchev–Trinajstić information content (AvgIpc) is 3.41. The maximum absolute atomic E-state index is 14.2. The lowest BCUT2D eigenvalue weighted by atomic mass is 9.70. The van der Waals surface area contributed by atoms with Crippen LogP contribution in [0, 0.1) is 31.6 Å². The molecular weight excluding hydrogens is 542 g/mol. The minimum absolute atomic E-state index is 0.0255. The Morgan fingerprint density at radius 3 is 2.64 bits per heavy atom. The topological polar surface area (TPSA) is 98.7 Å². The number of nitrogens with zero attached hydrogens (tertiary/aromatic N) is 1. The molecule has 7 atom stereocenters. The number of fused-ring (bicyclic) bond motifs is 1. The first kappa shape index (κ1) is 27.5. The van der Waals surface area contributed by atoms with E-state index in [1.54, 1.807) is 16.7 Å². The summed E-state index contributed by atoms with van der Waals surface area (Å²) < 4.78 is -0.726. The van der Waals surface area contributed by atoms with Gasteiger partial charge in [-0.15, -0.1) is 11.8 Å². The predicted octanol–water partition coefficient (Wildman–Crippen LogP) is 3.64. The molecule has 3 heterocycles. The molecule has 9 heteroatoms. The second kappa shape index (κ2) is 10.7. The van der Waals surface area contributed by atoms with Gasteiger partial charge in [0.15, 0.2) is 0 Å². The predicted molar refractivity (Wildman–Crippen MR) is 147 cm³/mol. The number of anilines is 1. The summed E-state index contributed by atoms with van der Waals surface area (Å²) >= 11 is 5.41. The minimum Gasteiger partial charge on any atom is -0.394 e. The van der Waals surface area contributed by atoms with Crippen molar-refractivity contribution in [1.29, 1.82) is 0 Å². The summed E-state index contributed by atoms with van der Waals surface area (Å²) in [4.78, 5) is 43.3. The van der Waals surface area contributed by atoms with E-state index in [0.29, 0.717) is 19.4 Å². The van der Waals surface area contributed by atoms with Gasteiger partial charge < -0.3 is 20.6 Å². The number of aliphatic hydroxyl groups is 1. The van der Waals surface area contributed by atoms with Gasteiger partial charge in [-0.05, 0) is 56.2 Å². The molecule has 3 aliphatic rings. The van der Waals surface area contributed by atoms with Gasteiger partial charge in [0.25, 0.3) is 0 Å². The van der Waals surface area contributed by atoms with Crippen LogP contribution in [0.2, 0.25) is 0 Å². The van der Waals surface area contributed by atoms with Crippen molar-refractivity contribution in [3.05, 3.63) is 29.3 Å². The molecule has 2 bridgehead atoms. The molecule has 0 aromatic heterocycles. The van der Waals surface area contributed by atoms with Gasteiger partial charge >= 0.3 is 0 Å². The lowest BCUT2D eigenvalue weighted by Gasteiger charge is -2.38. The van der Waals surface area contributed by atoms with E-state index in [0.717, 1.165) is 23.2 Å². The molecule has 3 aliphatic heterocycles. The molecule has 36 heavy (non-hydrogen) atoms. The summed E-state index contributed by atoms with van der Waals surface area (Å²) in [6.45, 7) is 10.3. The summed E-state index contributed by atoms with van der Waals surface area (Å²) in [5, 5.41) is 16.4. The first-order chi connectivity index (χ1) is 17.0. The van der Waals surface area contributed by atoms with Crippen molar-refractivity contribution in [2.45, 2.75) is 80.8 Å². The second-order valence-electron chi connectivity index (χ2n) is 11.0. The van der Waals surface area contributed by atoms with Crippen LogP contribution in [0.5, 0.6) is 0 Å². The molecule has 3 amide bonds. The number of rotatable bonds is 9. The van der Waals surface area contributed by atoms with Gasteiger partial charge in [-0.25, -0.2) is 0 Å². The molecule has 0 saturated carbocycles. The zero-order valence-corrected chi connectivity index (χ0v) is 24.1. The van der Waals surface area contributed by atoms with Crippen LogP contribution in [0.1, 0.15) is 51.2 Å². The number of nitrogens with one attached hydrogen (secondary N) is 2. The Bertz CT molecular complexity index is 1040. The standard InChI is InChI=1S/C27H38BrN3O4S/c1-6-9-29-24(33)20-21-26(35)31(17(13-32)10-14(2)3)23(27(21)12-18(28)22(20)36-27)25(34)30-19-11-15(4)7-8-16(19)5/h7-8,11,14,17-18,20-23,32H,6,9-10,12-13H2,1-5H3,(H,29,33)(H,30,34)/t17-,18?,20+,21+,22+,23?,27?/m1/s1. The van der Waals surface area contributed by atoms with Crippen molar-refractivity contribution in [2.75, 3.05) is 18.5 Å². The average molecular weight is 581 g/mol. The van der Waals surface area contributed by atoms with Gasteiger partial charge in [-0.1, -0.05) is 48.8 Å². The molecule has 3 unspecified atom stereocenters. The SMILES string of the molecule is CCCNC(=O)[C@H]1[C@H]2C(=O)N([C@@H](CO)CC(C)C)C(C(=O)Nc3cc(C)ccc3C)C23CC(Br)[C@@H]1S3. The molecule has 0 radical (unpaired) electrons. The van der Waals surface area contributed by atoms with E-state index >= 15 is 0 Å². The third-order valence-corrected chi connectivity index (χ3v) is 11.0. The fraction of sp³-hybridized carbons (Fsp3) is 0.667. The Balaban J connectivity index is 1.77. The van der Waals surface area contributed by atoms with Crippen LogP contribution in [0.3, 0.4) is 0 Å². The molecule has 198 valence electrons. The zero-order chi connectivity index (χ0) is 26.4. The number of amides is 3. The molecule has 7 nitrogen and oxygen atoms in total. The van der Waals surface area contributed by atoms with E-state index in [1.165, 1.54) is 0 Å². The van der Waals surface area contributed by atoms with Gasteiger partial charge in [0.05, 0.1) is 29.2 Å². The molecule has 1 spiro atoms. The fourth-order valence-electron chi connectivity index (χ4n) is 6.32. The Labute approximate surface area is 226 Å². The van der Waals surface area contributed by atoms with Crippen LogP contribution in [-0.2, 0) is 14.4 Å². The molecule has 3 saturated heterocycles. The molecule has 1 aromatic carbocycles. The summed E-state index contributed by atoms with van der Waals surface area (Å²) in [6.07, 6.45) is 2.01. The van der Waals surface area contributed by atoms with Gasteiger partial charge in [0.1, 0.15) is 6.04 Å². The maximum Gasteiger partial charge on any atom is 0.248 e. The van der Waals surface area contributed by atoms with Crippen LogP contribution < -0.4 is 10.6 Å². The largest absolute Gasteiger partial charge is 0.394 e. The first-order valence-electron chi connectivity index (χ1n) is 13.0. The lowest BCUT2D eigenvalue weighted by Crippen LogP contribution is -2.55. The van der Waals surface area contributed by atoms with E-state index in [1.807, 2.05) is 52.8 Å². The summed E-state index contributed by atoms with van der Waals surface area (Å²) in [7, 11) is 0. The molecule has 0 aliphatic carbocycles. The highest BCUT2D eigenvalue weighted by Crippen LogP contribution is 2.68. The van der Waals surface area contributed by atoms with Gasteiger partial charge in [0.2, 0.25) is 17.7 Å². The van der Waals surface area contributed by atoms with Crippen LogP contribution in [-0.4, -0.2) is 67.8 Å². The van der Waals surface area contributed by atoms with E-state index < -0.39 is 28.7 Å². The third-order valence-electron chi connectivity index (χ3n) is 7.83. The maximum atomic E-state index is 14.2. The summed E-state index contributed by atoms with van der Waals surface area (Å²) in [5.74, 6) is -1.41. The Hall–Kier alpha value is -1.58. The van der Waals surface area contributed by atoms with E-state index in [9.17, 15) is 19.5 Å². The Morgan fingerprint density at radius 2 is 2.00 bits per heavy atom. The van der Waals surface area contributed by atoms with Crippen LogP contribution >= 0.6 is 27.7 Å². The van der Waals surface area contributed by atoms with Gasteiger partial charge in [0, 0.05) is 22.3 Å². The van der Waals surface area contributed by atoms with Crippen molar-refractivity contribution < 1.29 is 19.5 Å². The van der Waals surface area contributed by atoms with Crippen molar-refractivity contribution in [3.63, 3.8) is 0 Å². The first-order valence-corrected chi connectivity index (χ1v) is 14.8. The number of aryl methyl sites for hydroxylation is 2. The number of carbonyl (C=O) groups excluding carboxylic acids is 3. The smallest absolute Gasteiger partial charge is 0.248 e. The number of hydrogen-bond acceptors (Lipinski definition) is 5.